The lowest BCUT2D eigenvalue weighted by atomic mass is 10.1. The van der Waals surface area contributed by atoms with E-state index in [1.807, 2.05) is 52.8 Å². The predicted octanol–water partition coefficient (Wildman–Crippen LogP) is 2.53. The molecule has 0 bridgehead atoms. The number of aryl methyl sites for hydroxylation is 2. The van der Waals surface area contributed by atoms with E-state index in [0.29, 0.717) is 49.9 Å². The van der Waals surface area contributed by atoms with Gasteiger partial charge in [0.15, 0.2) is 0 Å². The Hall–Kier alpha value is -3.14. The highest BCUT2D eigenvalue weighted by Gasteiger charge is 2.37. The normalized spacial score (nSPS) is 17.7. The lowest BCUT2D eigenvalue weighted by Crippen LogP contribution is -2.38. The summed E-state index contributed by atoms with van der Waals surface area (Å²) in [7, 11) is 5.24. The molecule has 1 unspecified atom stereocenters. The topological polar surface area (TPSA) is 102 Å². The molecule has 3 rings (SSSR count). The third-order valence-electron chi connectivity index (χ3n) is 6.10. The highest BCUT2D eigenvalue weighted by atomic mass is 16.5. The van der Waals surface area contributed by atoms with E-state index in [2.05, 4.69) is 10.3 Å². The fourth-order valence-electron chi connectivity index (χ4n) is 4.28. The number of amides is 1. The molecule has 0 saturated carbocycles. The van der Waals surface area contributed by atoms with Gasteiger partial charge < -0.3 is 24.6 Å². The maximum Gasteiger partial charge on any atom is 0.409 e. The van der Waals surface area contributed by atoms with Gasteiger partial charge in [-0.3, -0.25) is 9.36 Å². The summed E-state index contributed by atoms with van der Waals surface area (Å²) in [6, 6.07) is 1.74. The van der Waals surface area contributed by atoms with Crippen molar-refractivity contribution in [2.45, 2.75) is 52.8 Å². The van der Waals surface area contributed by atoms with Crippen molar-refractivity contribution in [3.05, 3.63) is 33.9 Å². The first-order valence-electron chi connectivity index (χ1n) is 11.7. The number of rotatable bonds is 8. The Morgan fingerprint density at radius 1 is 1.26 bits per heavy atom. The summed E-state index contributed by atoms with van der Waals surface area (Å²) in [5, 5.41) is 3.37. The van der Waals surface area contributed by atoms with Crippen LogP contribution in [0.15, 0.2) is 17.1 Å². The molecule has 1 saturated heterocycles. The Bertz CT molecular complexity index is 1080. The van der Waals surface area contributed by atoms with Gasteiger partial charge in [-0.1, -0.05) is 6.92 Å². The summed E-state index contributed by atoms with van der Waals surface area (Å²) in [5.74, 6) is 1.45. The third-order valence-corrected chi connectivity index (χ3v) is 6.10. The number of aromatic nitrogens is 3. The van der Waals surface area contributed by atoms with Crippen LogP contribution < -0.4 is 15.8 Å². The maximum absolute atomic E-state index is 13.7. The van der Waals surface area contributed by atoms with E-state index in [4.69, 9.17) is 14.5 Å². The van der Waals surface area contributed by atoms with Crippen molar-refractivity contribution in [3.8, 4) is 11.4 Å². The van der Waals surface area contributed by atoms with Crippen LogP contribution in [-0.2, 0) is 22.4 Å². The molecule has 1 amide bonds. The summed E-state index contributed by atoms with van der Waals surface area (Å²) in [6.07, 6.45) is 1.69. The van der Waals surface area contributed by atoms with Crippen LogP contribution in [0.4, 0.5) is 16.3 Å². The number of carbonyl (C=O) groups is 1. The Morgan fingerprint density at radius 2 is 2.00 bits per heavy atom. The molecule has 3 heterocycles. The standard InChI is InChI=1S/C24H36N6O4/c1-8-17-21(26-18-13-29(24(32)33-7)14-19(18)34-10-3)23(31)30(9-2)22(27-17)16-12-25-20(28(5)6)11-15(16)4/h11-12,18-19,26H,8-10,13-14H2,1-7H3/t18?,19-/m0/s1. The molecule has 2 aromatic rings. The van der Waals surface area contributed by atoms with E-state index in [1.165, 1.54) is 7.11 Å². The van der Waals surface area contributed by atoms with Crippen LogP contribution in [0.1, 0.15) is 32.0 Å². The van der Waals surface area contributed by atoms with E-state index in [0.717, 1.165) is 16.9 Å². The van der Waals surface area contributed by atoms with Gasteiger partial charge in [0.1, 0.15) is 17.3 Å². The Kier molecular flexibility index (Phi) is 8.14. The number of hydrogen-bond acceptors (Lipinski definition) is 8. The van der Waals surface area contributed by atoms with Crippen LogP contribution in [0.25, 0.3) is 11.4 Å². The summed E-state index contributed by atoms with van der Waals surface area (Å²) in [5.41, 5.74) is 2.80. The SMILES string of the molecule is CCO[C@H]1CN(C(=O)OC)CC1Nc1c(CC)nc(-c2cnc(N(C)C)cc2C)n(CC)c1=O. The second-order valence-corrected chi connectivity index (χ2v) is 8.53. The van der Waals surface area contributed by atoms with Crippen molar-refractivity contribution < 1.29 is 14.3 Å². The highest BCUT2D eigenvalue weighted by molar-refractivity contribution is 5.68. The van der Waals surface area contributed by atoms with Crippen molar-refractivity contribution in [1.82, 2.24) is 19.4 Å². The number of hydrogen-bond donors (Lipinski definition) is 1. The number of ether oxygens (including phenoxy) is 2. The van der Waals surface area contributed by atoms with Gasteiger partial charge >= 0.3 is 6.09 Å². The van der Waals surface area contributed by atoms with Crippen molar-refractivity contribution in [2.75, 3.05) is 51.1 Å². The second-order valence-electron chi connectivity index (χ2n) is 8.53. The van der Waals surface area contributed by atoms with Crippen molar-refractivity contribution in [1.29, 1.82) is 0 Å². The molecule has 186 valence electrons. The average Bonchev–Trinajstić information content (AvgIpc) is 3.22. The monoisotopic (exact) mass is 472 g/mol. The number of nitrogens with zero attached hydrogens (tertiary/aromatic N) is 5. The minimum Gasteiger partial charge on any atom is -0.453 e. The van der Waals surface area contributed by atoms with Crippen LogP contribution >= 0.6 is 0 Å². The molecule has 34 heavy (non-hydrogen) atoms. The Balaban J connectivity index is 2.03. The lowest BCUT2D eigenvalue weighted by Gasteiger charge is -2.23. The van der Waals surface area contributed by atoms with Crippen LogP contribution in [0, 0.1) is 6.92 Å². The van der Waals surface area contributed by atoms with Gasteiger partial charge in [-0.25, -0.2) is 14.8 Å². The fourth-order valence-corrected chi connectivity index (χ4v) is 4.28. The van der Waals surface area contributed by atoms with E-state index < -0.39 is 6.09 Å². The molecule has 0 aliphatic carbocycles. The van der Waals surface area contributed by atoms with Crippen molar-refractivity contribution >= 4 is 17.6 Å². The van der Waals surface area contributed by atoms with Crippen molar-refractivity contribution in [2.24, 2.45) is 0 Å². The number of likely N-dealkylation sites (tertiary alicyclic amines) is 1. The van der Waals surface area contributed by atoms with E-state index >= 15 is 0 Å². The second kappa shape index (κ2) is 10.9. The molecule has 10 nitrogen and oxygen atoms in total. The van der Waals surface area contributed by atoms with Gasteiger partial charge in [0, 0.05) is 45.6 Å². The molecular formula is C24H36N6O4. The molecule has 1 aliphatic rings. The molecule has 2 aromatic heterocycles. The summed E-state index contributed by atoms with van der Waals surface area (Å²) in [6.45, 7) is 9.55. The molecule has 0 spiro atoms. The van der Waals surface area contributed by atoms with E-state index in [1.54, 1.807) is 15.7 Å². The first-order valence-corrected chi connectivity index (χ1v) is 11.7. The fraction of sp³-hybridized carbons (Fsp3) is 0.583. The molecule has 0 aromatic carbocycles. The van der Waals surface area contributed by atoms with Crippen molar-refractivity contribution in [3.63, 3.8) is 0 Å². The smallest absolute Gasteiger partial charge is 0.409 e. The summed E-state index contributed by atoms with van der Waals surface area (Å²) < 4.78 is 12.4. The quantitative estimate of drug-likeness (QED) is 0.625. The number of nitrogens with one attached hydrogen (secondary N) is 1. The van der Waals surface area contributed by atoms with Crippen LogP contribution in [-0.4, -0.2) is 78.6 Å². The zero-order chi connectivity index (χ0) is 25.0. The summed E-state index contributed by atoms with van der Waals surface area (Å²) in [4.78, 5) is 38.7. The third kappa shape index (κ3) is 5.01. The van der Waals surface area contributed by atoms with Gasteiger partial charge in [-0.05, 0) is 38.8 Å². The predicted molar refractivity (Wildman–Crippen MR) is 133 cm³/mol. The van der Waals surface area contributed by atoms with Gasteiger partial charge in [-0.2, -0.15) is 0 Å². The number of anilines is 2. The Labute approximate surface area is 200 Å². The van der Waals surface area contributed by atoms with E-state index in [-0.39, 0.29) is 17.7 Å². The summed E-state index contributed by atoms with van der Waals surface area (Å²) >= 11 is 0. The van der Waals surface area contributed by atoms with Crippen LogP contribution in [0.2, 0.25) is 0 Å². The Morgan fingerprint density at radius 3 is 2.56 bits per heavy atom. The molecular weight excluding hydrogens is 436 g/mol. The minimum atomic E-state index is -0.409. The lowest BCUT2D eigenvalue weighted by molar-refractivity contribution is 0.0614. The number of methoxy groups -OCH3 is 1. The van der Waals surface area contributed by atoms with Gasteiger partial charge in [0.25, 0.3) is 5.56 Å². The number of pyridine rings is 1. The van der Waals surface area contributed by atoms with Gasteiger partial charge in [-0.15, -0.1) is 0 Å². The molecule has 1 N–H and O–H groups in total. The average molecular weight is 473 g/mol. The minimum absolute atomic E-state index is 0.146. The molecule has 1 aliphatic heterocycles. The molecule has 2 atom stereocenters. The highest BCUT2D eigenvalue weighted by Crippen LogP contribution is 2.26. The zero-order valence-electron chi connectivity index (χ0n) is 21.2. The van der Waals surface area contributed by atoms with Crippen LogP contribution in [0.3, 0.4) is 0 Å². The number of carbonyl (C=O) groups excluding carboxylic acids is 1. The molecule has 10 heteroatoms. The maximum atomic E-state index is 13.7. The first kappa shape index (κ1) is 25.5. The van der Waals surface area contributed by atoms with Gasteiger partial charge in [0.2, 0.25) is 0 Å². The largest absolute Gasteiger partial charge is 0.453 e. The van der Waals surface area contributed by atoms with E-state index in [9.17, 15) is 9.59 Å². The molecule has 0 radical (unpaired) electrons. The first-order chi connectivity index (χ1) is 16.2. The van der Waals surface area contributed by atoms with Crippen LogP contribution in [0.5, 0.6) is 0 Å². The van der Waals surface area contributed by atoms with Gasteiger partial charge in [0.05, 0.1) is 31.5 Å². The zero-order valence-corrected chi connectivity index (χ0v) is 21.2. The molecule has 1 fully saturated rings.